The maximum absolute atomic E-state index is 14.7. The minimum atomic E-state index is -1.07. The number of nitrogens with zero attached hydrogens (tertiary/aromatic N) is 5. The number of aromatic nitrogens is 4. The molecule has 364 valence electrons. The molecule has 15 nitrogen and oxygen atoms in total. The van der Waals surface area contributed by atoms with Crippen LogP contribution in [0.15, 0.2) is 200 Å². The van der Waals surface area contributed by atoms with Crippen molar-refractivity contribution < 1.29 is 24.0 Å². The lowest BCUT2D eigenvalue weighted by Crippen LogP contribution is -2.71. The van der Waals surface area contributed by atoms with Crippen molar-refractivity contribution in [1.82, 2.24) is 30.0 Å². The van der Waals surface area contributed by atoms with E-state index in [-0.39, 0.29) is 34.6 Å². The summed E-state index contributed by atoms with van der Waals surface area (Å²) in [5.74, 6) is -1.22. The molecule has 2 aliphatic rings. The van der Waals surface area contributed by atoms with Gasteiger partial charge in [-0.15, -0.1) is 28.2 Å². The Balaban J connectivity index is 1.00. The normalized spacial score (nSPS) is 15.8. The zero-order valence-electron chi connectivity index (χ0n) is 38.7. The number of carbonyl (C=O) groups is 3. The lowest BCUT2D eigenvalue weighted by atomic mass is 9.77. The first-order valence-corrected chi connectivity index (χ1v) is 26.7. The molecule has 0 radical (unpaired) electrons. The molecule has 0 saturated carbocycles. The molecule has 0 bridgehead atoms. The number of rotatable bonds is 19. The number of allylic oxidation sites excluding steroid dienone is 1. The second-order valence-electron chi connectivity index (χ2n) is 16.2. The van der Waals surface area contributed by atoms with Crippen LogP contribution in [0.25, 0.3) is 0 Å². The van der Waals surface area contributed by atoms with Gasteiger partial charge in [-0.1, -0.05) is 169 Å². The third-order valence-electron chi connectivity index (χ3n) is 11.9. The van der Waals surface area contributed by atoms with Gasteiger partial charge < -0.3 is 20.2 Å². The first-order chi connectivity index (χ1) is 35.2. The van der Waals surface area contributed by atoms with Crippen LogP contribution in [0.5, 0.6) is 0 Å². The number of anilines is 1. The molecule has 5 aromatic carbocycles. The van der Waals surface area contributed by atoms with E-state index in [1.807, 2.05) is 122 Å². The summed E-state index contributed by atoms with van der Waals surface area (Å²) in [6.45, 7) is 0.259. The predicted octanol–water partition coefficient (Wildman–Crippen LogP) is 7.80. The van der Waals surface area contributed by atoms with Crippen LogP contribution in [0.3, 0.4) is 0 Å². The van der Waals surface area contributed by atoms with Gasteiger partial charge in [0.15, 0.2) is 22.1 Å². The molecule has 9 rings (SSSR count). The summed E-state index contributed by atoms with van der Waals surface area (Å²) in [4.78, 5) is 79.9. The monoisotopic (exact) mass is 1030 g/mol. The molecule has 2 unspecified atom stereocenters. The molecule has 0 aliphatic carbocycles. The number of oxime groups is 1. The fourth-order valence-corrected chi connectivity index (χ4v) is 11.6. The fourth-order valence-electron chi connectivity index (χ4n) is 8.46. The van der Waals surface area contributed by atoms with Crippen LogP contribution in [0, 0.1) is 0 Å². The Morgan fingerprint density at radius 3 is 1.99 bits per heavy atom. The number of thioether (sulfide) groups is 3. The second-order valence-corrected chi connectivity index (χ2v) is 20.0. The highest BCUT2D eigenvalue weighted by atomic mass is 32.2. The zero-order chi connectivity index (χ0) is 50.0. The molecule has 3 N–H and O–H groups in total. The summed E-state index contributed by atoms with van der Waals surface area (Å²) in [6, 6.07) is 47.6. The van der Waals surface area contributed by atoms with E-state index in [9.17, 15) is 24.0 Å². The molecular formula is C53H46N8O7S4. The summed E-state index contributed by atoms with van der Waals surface area (Å²) in [7, 11) is 1.32. The van der Waals surface area contributed by atoms with Gasteiger partial charge in [-0.3, -0.25) is 28.6 Å². The largest absolute Gasteiger partial charge is 0.448 e. The average molecular weight is 1040 g/mol. The average Bonchev–Trinajstić information content (AvgIpc) is 3.89. The fraction of sp³-hybridized carbons (Fsp3) is 0.170. The van der Waals surface area contributed by atoms with E-state index in [2.05, 4.69) is 62.4 Å². The Morgan fingerprint density at radius 2 is 1.43 bits per heavy atom. The predicted molar refractivity (Wildman–Crippen MR) is 284 cm³/mol. The van der Waals surface area contributed by atoms with Crippen molar-refractivity contribution >= 4 is 75.2 Å². The van der Waals surface area contributed by atoms with Crippen molar-refractivity contribution in [3.05, 3.63) is 234 Å². The number of hydrogen-bond donors (Lipinski definition) is 3. The van der Waals surface area contributed by atoms with Crippen molar-refractivity contribution in [3.63, 3.8) is 0 Å². The third-order valence-corrected chi connectivity index (χ3v) is 15.3. The number of ether oxygens (including phenoxy) is 1. The van der Waals surface area contributed by atoms with E-state index in [0.717, 1.165) is 39.6 Å². The molecule has 4 heterocycles. The molecule has 2 amide bonds. The third kappa shape index (κ3) is 10.3. The van der Waals surface area contributed by atoms with E-state index >= 15 is 0 Å². The van der Waals surface area contributed by atoms with Gasteiger partial charge >= 0.3 is 17.1 Å². The van der Waals surface area contributed by atoms with Gasteiger partial charge in [0.1, 0.15) is 35.5 Å². The summed E-state index contributed by atoms with van der Waals surface area (Å²) >= 11 is 5.22. The number of thiazole rings is 1. The lowest BCUT2D eigenvalue weighted by molar-refractivity contribution is -0.154. The topological polar surface area (TPSA) is 190 Å². The Kier molecular flexibility index (Phi) is 15.6. The standard InChI is InChI=1S/C53H46N8O7S4/c1-67-59-41(40-33-72-51(54-40)56-53(37-22-12-5-13-23-37,38-24-14-6-15-25-38)39-26-16-7-17-27-39)45(62)55-42-47(64)61-43(50(66)68-44(34-18-8-3-9-19-34)35-20-10-4-11-21-35)36(32-71-49(42)61)28-30-70-52-58-57-46(63)48(65)60(52)29-31-69-2/h3-28,30,33,42,44,49H,29,31-32H2,1-2H3,(H,54,56)(H,55,62)(H,57,63). The van der Waals surface area contributed by atoms with E-state index in [1.54, 1.807) is 16.9 Å². The molecule has 1 fully saturated rings. The van der Waals surface area contributed by atoms with Gasteiger partial charge in [0.05, 0.1) is 0 Å². The molecule has 0 spiro atoms. The first kappa shape index (κ1) is 49.5. The van der Waals surface area contributed by atoms with Crippen LogP contribution >= 0.6 is 46.6 Å². The second kappa shape index (κ2) is 22.7. The Labute approximate surface area is 430 Å². The van der Waals surface area contributed by atoms with Gasteiger partial charge in [-0.2, -0.15) is 11.8 Å². The van der Waals surface area contributed by atoms with Crippen molar-refractivity contribution in [2.75, 3.05) is 30.2 Å². The number of β-lactam (4-membered cyclic amide) rings is 1. The summed E-state index contributed by atoms with van der Waals surface area (Å²) < 4.78 is 7.64. The Morgan fingerprint density at radius 1 is 0.861 bits per heavy atom. The molecule has 72 heavy (non-hydrogen) atoms. The molecule has 2 atom stereocenters. The van der Waals surface area contributed by atoms with E-state index in [1.165, 1.54) is 51.4 Å². The van der Waals surface area contributed by atoms with Crippen LogP contribution in [-0.4, -0.2) is 84.4 Å². The van der Waals surface area contributed by atoms with Crippen LogP contribution in [0.1, 0.15) is 39.6 Å². The van der Waals surface area contributed by atoms with Crippen molar-refractivity contribution in [2.24, 2.45) is 5.16 Å². The summed E-state index contributed by atoms with van der Waals surface area (Å²) in [5, 5.41) is 20.4. The smallest absolute Gasteiger partial charge is 0.356 e. The van der Waals surface area contributed by atoms with Gasteiger partial charge in [-0.25, -0.2) is 14.9 Å². The van der Waals surface area contributed by atoms with Crippen LogP contribution in [-0.2, 0) is 36.0 Å². The van der Waals surface area contributed by atoms with Crippen molar-refractivity contribution in [2.45, 2.75) is 34.8 Å². The number of H-pyrrole nitrogens is 1. The van der Waals surface area contributed by atoms with Crippen molar-refractivity contribution in [1.29, 1.82) is 0 Å². The van der Waals surface area contributed by atoms with Crippen LogP contribution < -0.4 is 21.8 Å². The Hall–Kier alpha value is -7.45. The molecule has 7 aromatic rings. The highest BCUT2D eigenvalue weighted by molar-refractivity contribution is 8.02. The highest BCUT2D eigenvalue weighted by Crippen LogP contribution is 2.43. The van der Waals surface area contributed by atoms with Crippen molar-refractivity contribution in [3.8, 4) is 0 Å². The van der Waals surface area contributed by atoms with Gasteiger partial charge in [0.25, 0.3) is 11.8 Å². The minimum absolute atomic E-state index is 0.00288. The maximum atomic E-state index is 14.7. The number of benzene rings is 5. The van der Waals surface area contributed by atoms with Gasteiger partial charge in [-0.05, 0) is 51.1 Å². The number of hydrogen-bond acceptors (Lipinski definition) is 15. The highest BCUT2D eigenvalue weighted by Gasteiger charge is 2.55. The first-order valence-electron chi connectivity index (χ1n) is 22.5. The Bertz CT molecular complexity index is 3130. The molecule has 2 aromatic heterocycles. The number of fused-ring (bicyclic) bond motifs is 1. The number of aromatic amines is 1. The van der Waals surface area contributed by atoms with E-state index < -0.39 is 52.0 Å². The molecule has 19 heteroatoms. The summed E-state index contributed by atoms with van der Waals surface area (Å²) in [5.41, 5.74) is 2.37. The molecule has 1 saturated heterocycles. The quantitative estimate of drug-likeness (QED) is 0.0136. The molecular weight excluding hydrogens is 989 g/mol. The SMILES string of the molecule is CON=C(C(=O)NC1C(=O)N2C(C(=O)OC(c3ccccc3)c3ccccc3)=C(C=CSc3n[nH]c(=O)c(=O)n3CCSC)CSC12)c1csc(NC(c2ccccc2)(c2ccccc2)c2ccccc2)n1. The lowest BCUT2D eigenvalue weighted by Gasteiger charge is -2.49. The maximum Gasteiger partial charge on any atom is 0.356 e. The number of esters is 1. The molecule has 2 aliphatic heterocycles. The van der Waals surface area contributed by atoms with Gasteiger partial charge in [0, 0.05) is 23.4 Å². The number of carbonyl (C=O) groups excluding carboxylic acids is 3. The van der Waals surface area contributed by atoms with Crippen LogP contribution in [0.2, 0.25) is 0 Å². The van der Waals surface area contributed by atoms with Gasteiger partial charge in [0.2, 0.25) is 0 Å². The zero-order valence-corrected chi connectivity index (χ0v) is 42.0. The minimum Gasteiger partial charge on any atom is -0.448 e. The van der Waals surface area contributed by atoms with E-state index in [0.29, 0.717) is 16.5 Å². The number of amides is 2. The van der Waals surface area contributed by atoms with E-state index in [4.69, 9.17) is 14.6 Å². The number of nitrogens with one attached hydrogen (secondary N) is 3. The summed E-state index contributed by atoms with van der Waals surface area (Å²) in [6.07, 6.45) is 2.73. The van der Waals surface area contributed by atoms with Crippen LogP contribution in [0.4, 0.5) is 5.13 Å².